The molecule has 0 saturated carbocycles. The quantitative estimate of drug-likeness (QED) is 0.766. The largest absolute Gasteiger partial charge is 0.444 e. The van der Waals surface area contributed by atoms with E-state index in [0.717, 1.165) is 30.7 Å². The summed E-state index contributed by atoms with van der Waals surface area (Å²) in [6.45, 7) is 8.00. The van der Waals surface area contributed by atoms with E-state index in [1.165, 1.54) is 5.56 Å². The SMILES string of the molecule is CN(Cc1ccnc(Br)c1)[C@@H]1CCN(C(=O)OC(C)(C)C)C1. The van der Waals surface area contributed by atoms with Crippen LogP contribution in [0.25, 0.3) is 0 Å². The molecule has 0 aromatic carbocycles. The first-order valence-electron chi connectivity index (χ1n) is 7.53. The summed E-state index contributed by atoms with van der Waals surface area (Å²) in [4.78, 5) is 20.3. The van der Waals surface area contributed by atoms with Crippen molar-refractivity contribution in [1.82, 2.24) is 14.8 Å². The minimum atomic E-state index is -0.440. The van der Waals surface area contributed by atoms with Crippen LogP contribution in [0.4, 0.5) is 4.79 Å². The number of halogens is 1. The van der Waals surface area contributed by atoms with Gasteiger partial charge in [0.2, 0.25) is 0 Å². The molecule has 0 unspecified atom stereocenters. The average molecular weight is 370 g/mol. The number of aromatic nitrogens is 1. The van der Waals surface area contributed by atoms with Crippen LogP contribution in [0.1, 0.15) is 32.8 Å². The Morgan fingerprint density at radius 1 is 1.55 bits per heavy atom. The monoisotopic (exact) mass is 369 g/mol. The number of amides is 1. The van der Waals surface area contributed by atoms with E-state index in [2.05, 4.69) is 32.9 Å². The molecule has 5 nitrogen and oxygen atoms in total. The molecule has 1 saturated heterocycles. The van der Waals surface area contributed by atoms with Gasteiger partial charge >= 0.3 is 6.09 Å². The maximum Gasteiger partial charge on any atom is 0.410 e. The molecule has 1 aliphatic heterocycles. The van der Waals surface area contributed by atoms with E-state index in [-0.39, 0.29) is 6.09 Å². The number of nitrogens with zero attached hydrogens (tertiary/aromatic N) is 3. The summed E-state index contributed by atoms with van der Waals surface area (Å²) in [5, 5.41) is 0. The number of rotatable bonds is 3. The van der Waals surface area contributed by atoms with Crippen LogP contribution in [0, 0.1) is 0 Å². The molecular weight excluding hydrogens is 346 g/mol. The van der Waals surface area contributed by atoms with Crippen LogP contribution in [0.5, 0.6) is 0 Å². The average Bonchev–Trinajstić information content (AvgIpc) is 2.86. The zero-order chi connectivity index (χ0) is 16.3. The highest BCUT2D eigenvalue weighted by molar-refractivity contribution is 9.10. The lowest BCUT2D eigenvalue weighted by atomic mass is 10.2. The molecule has 0 bridgehead atoms. The van der Waals surface area contributed by atoms with Crippen LogP contribution >= 0.6 is 15.9 Å². The lowest BCUT2D eigenvalue weighted by Gasteiger charge is -2.26. The predicted molar refractivity (Wildman–Crippen MR) is 89.6 cm³/mol. The summed E-state index contributed by atoms with van der Waals surface area (Å²) in [6.07, 6.45) is 2.56. The lowest BCUT2D eigenvalue weighted by Crippen LogP contribution is -2.38. The van der Waals surface area contributed by atoms with Crippen molar-refractivity contribution in [2.24, 2.45) is 0 Å². The van der Waals surface area contributed by atoms with Gasteiger partial charge in [0.15, 0.2) is 0 Å². The van der Waals surface area contributed by atoms with Gasteiger partial charge < -0.3 is 9.64 Å². The molecule has 2 rings (SSSR count). The first-order chi connectivity index (χ1) is 10.2. The number of ether oxygens (including phenoxy) is 1. The van der Waals surface area contributed by atoms with Crippen molar-refractivity contribution in [3.8, 4) is 0 Å². The molecule has 1 aromatic rings. The van der Waals surface area contributed by atoms with E-state index in [1.54, 1.807) is 11.1 Å². The van der Waals surface area contributed by atoms with Gasteiger partial charge in [-0.3, -0.25) is 4.90 Å². The van der Waals surface area contributed by atoms with E-state index in [9.17, 15) is 4.79 Å². The molecule has 1 aliphatic rings. The van der Waals surface area contributed by atoms with Crippen molar-refractivity contribution >= 4 is 22.0 Å². The molecule has 0 spiro atoms. The number of likely N-dealkylation sites (N-methyl/N-ethyl adjacent to an activating group) is 1. The van der Waals surface area contributed by atoms with Crippen molar-refractivity contribution in [1.29, 1.82) is 0 Å². The summed E-state index contributed by atoms with van der Waals surface area (Å²) in [5.41, 5.74) is 0.768. The van der Waals surface area contributed by atoms with Crippen LogP contribution in [0.2, 0.25) is 0 Å². The fraction of sp³-hybridized carbons (Fsp3) is 0.625. The van der Waals surface area contributed by atoms with E-state index in [4.69, 9.17) is 4.74 Å². The molecule has 0 N–H and O–H groups in total. The Morgan fingerprint density at radius 2 is 2.27 bits per heavy atom. The highest BCUT2D eigenvalue weighted by Crippen LogP contribution is 2.20. The van der Waals surface area contributed by atoms with Crippen molar-refractivity contribution in [3.63, 3.8) is 0 Å². The topological polar surface area (TPSA) is 45.7 Å². The van der Waals surface area contributed by atoms with Gasteiger partial charge in [-0.15, -0.1) is 0 Å². The Labute approximate surface area is 140 Å². The van der Waals surface area contributed by atoms with Gasteiger partial charge in [0, 0.05) is 31.9 Å². The molecule has 22 heavy (non-hydrogen) atoms. The number of hydrogen-bond acceptors (Lipinski definition) is 4. The second-order valence-electron chi connectivity index (χ2n) is 6.77. The Hall–Kier alpha value is -1.14. The van der Waals surface area contributed by atoms with Gasteiger partial charge in [-0.05, 0) is 67.9 Å². The van der Waals surface area contributed by atoms with E-state index in [1.807, 2.05) is 32.9 Å². The standard InChI is InChI=1S/C16H24BrN3O2/c1-16(2,3)22-15(21)20-8-6-13(11-20)19(4)10-12-5-7-18-14(17)9-12/h5,7,9,13H,6,8,10-11H2,1-4H3/t13-/m1/s1. The van der Waals surface area contributed by atoms with Crippen LogP contribution in [-0.2, 0) is 11.3 Å². The van der Waals surface area contributed by atoms with Crippen LogP contribution < -0.4 is 0 Å². The third kappa shape index (κ3) is 4.95. The molecule has 6 heteroatoms. The summed E-state index contributed by atoms with van der Waals surface area (Å²) < 4.78 is 6.29. The summed E-state index contributed by atoms with van der Waals surface area (Å²) in [5.74, 6) is 0. The van der Waals surface area contributed by atoms with Crippen LogP contribution in [0.15, 0.2) is 22.9 Å². The lowest BCUT2D eigenvalue weighted by molar-refractivity contribution is 0.0282. The summed E-state index contributed by atoms with van der Waals surface area (Å²) >= 11 is 3.39. The third-order valence-corrected chi connectivity index (χ3v) is 4.10. The van der Waals surface area contributed by atoms with Gasteiger partial charge in [0.1, 0.15) is 10.2 Å². The van der Waals surface area contributed by atoms with Gasteiger partial charge in [-0.1, -0.05) is 0 Å². The van der Waals surface area contributed by atoms with Crippen molar-refractivity contribution < 1.29 is 9.53 Å². The Bertz CT molecular complexity index is 530. The van der Waals surface area contributed by atoms with Crippen molar-refractivity contribution in [3.05, 3.63) is 28.5 Å². The number of carbonyl (C=O) groups excluding carboxylic acids is 1. The van der Waals surface area contributed by atoms with Gasteiger partial charge in [0.25, 0.3) is 0 Å². The van der Waals surface area contributed by atoms with Gasteiger partial charge in [0.05, 0.1) is 0 Å². The minimum Gasteiger partial charge on any atom is -0.444 e. The zero-order valence-corrected chi connectivity index (χ0v) is 15.3. The predicted octanol–water partition coefficient (Wildman–Crippen LogP) is 3.29. The van der Waals surface area contributed by atoms with E-state index >= 15 is 0 Å². The van der Waals surface area contributed by atoms with Gasteiger partial charge in [-0.2, -0.15) is 0 Å². The fourth-order valence-electron chi connectivity index (χ4n) is 2.55. The maximum absolute atomic E-state index is 12.1. The molecule has 0 radical (unpaired) electrons. The molecule has 0 aliphatic carbocycles. The highest BCUT2D eigenvalue weighted by atomic mass is 79.9. The number of carbonyl (C=O) groups is 1. The van der Waals surface area contributed by atoms with Gasteiger partial charge in [-0.25, -0.2) is 9.78 Å². The molecule has 2 heterocycles. The molecule has 1 fully saturated rings. The molecule has 122 valence electrons. The molecule has 1 aromatic heterocycles. The zero-order valence-electron chi connectivity index (χ0n) is 13.7. The second-order valence-corrected chi connectivity index (χ2v) is 7.58. The van der Waals surface area contributed by atoms with Crippen LogP contribution in [-0.4, -0.2) is 52.7 Å². The number of hydrogen-bond donors (Lipinski definition) is 0. The third-order valence-electron chi connectivity index (χ3n) is 3.66. The number of likely N-dealkylation sites (tertiary alicyclic amines) is 1. The smallest absolute Gasteiger partial charge is 0.410 e. The van der Waals surface area contributed by atoms with Crippen LogP contribution in [0.3, 0.4) is 0 Å². The van der Waals surface area contributed by atoms with Crippen molar-refractivity contribution in [2.45, 2.75) is 45.4 Å². The normalized spacial score (nSPS) is 18.8. The Kier molecular flexibility index (Phi) is 5.45. The first kappa shape index (κ1) is 17.2. The minimum absolute atomic E-state index is 0.213. The molecule has 1 amide bonds. The maximum atomic E-state index is 12.1. The first-order valence-corrected chi connectivity index (χ1v) is 8.32. The van der Waals surface area contributed by atoms with E-state index < -0.39 is 5.60 Å². The fourth-order valence-corrected chi connectivity index (χ4v) is 2.96. The molecule has 1 atom stereocenters. The van der Waals surface area contributed by atoms with Crippen molar-refractivity contribution in [2.75, 3.05) is 20.1 Å². The number of pyridine rings is 1. The molecular formula is C16H24BrN3O2. The highest BCUT2D eigenvalue weighted by Gasteiger charge is 2.31. The Balaban J connectivity index is 1.88. The second kappa shape index (κ2) is 6.96. The summed E-state index contributed by atoms with van der Waals surface area (Å²) in [7, 11) is 2.09. The Morgan fingerprint density at radius 3 is 2.91 bits per heavy atom. The van der Waals surface area contributed by atoms with E-state index in [0.29, 0.717) is 6.04 Å². The summed E-state index contributed by atoms with van der Waals surface area (Å²) in [6, 6.07) is 4.40.